The van der Waals surface area contributed by atoms with Crippen LogP contribution >= 0.6 is 0 Å². The summed E-state index contributed by atoms with van der Waals surface area (Å²) in [7, 11) is 1.65. The van der Waals surface area contributed by atoms with E-state index in [1.165, 1.54) is 0 Å². The minimum Gasteiger partial charge on any atom is -0.497 e. The van der Waals surface area contributed by atoms with Crippen LogP contribution in [0.4, 0.5) is 5.82 Å². The second kappa shape index (κ2) is 9.39. The van der Waals surface area contributed by atoms with E-state index in [9.17, 15) is 4.79 Å². The highest BCUT2D eigenvalue weighted by Crippen LogP contribution is 2.26. The van der Waals surface area contributed by atoms with Crippen LogP contribution in [0.1, 0.15) is 18.4 Å². The Hall–Kier alpha value is -3.41. The first-order valence-electron chi connectivity index (χ1n) is 10.3. The number of piperidine rings is 1. The first kappa shape index (κ1) is 19.9. The second-order valence-electron chi connectivity index (χ2n) is 7.48. The largest absolute Gasteiger partial charge is 0.497 e. The molecule has 0 spiro atoms. The second-order valence-corrected chi connectivity index (χ2v) is 7.48. The molecule has 154 valence electrons. The molecule has 1 amide bonds. The highest BCUT2D eigenvalue weighted by Gasteiger charge is 2.26. The number of methoxy groups -OCH3 is 1. The smallest absolute Gasteiger partial charge is 0.225 e. The average molecular weight is 402 g/mol. The average Bonchev–Trinajstić information content (AvgIpc) is 2.83. The fraction of sp³-hybridized carbons (Fsp3) is 0.292. The van der Waals surface area contributed by atoms with E-state index in [0.717, 1.165) is 47.8 Å². The molecule has 1 aromatic heterocycles. The predicted molar refractivity (Wildman–Crippen MR) is 117 cm³/mol. The summed E-state index contributed by atoms with van der Waals surface area (Å²) in [5.74, 6) is 1.74. The van der Waals surface area contributed by atoms with E-state index < -0.39 is 0 Å². The van der Waals surface area contributed by atoms with Crippen molar-refractivity contribution in [3.05, 3.63) is 72.6 Å². The first-order chi connectivity index (χ1) is 14.7. The van der Waals surface area contributed by atoms with Gasteiger partial charge < -0.3 is 15.0 Å². The zero-order valence-electron chi connectivity index (χ0n) is 17.1. The van der Waals surface area contributed by atoms with Gasteiger partial charge in [-0.3, -0.25) is 4.79 Å². The van der Waals surface area contributed by atoms with Gasteiger partial charge in [-0.25, -0.2) is 9.97 Å². The van der Waals surface area contributed by atoms with Crippen molar-refractivity contribution in [2.75, 3.05) is 25.1 Å². The lowest BCUT2D eigenvalue weighted by Crippen LogP contribution is -2.43. The lowest BCUT2D eigenvalue weighted by atomic mass is 9.97. The molecule has 1 saturated heterocycles. The third-order valence-corrected chi connectivity index (χ3v) is 5.46. The molecule has 1 fully saturated rings. The van der Waals surface area contributed by atoms with Crippen molar-refractivity contribution in [1.82, 2.24) is 15.3 Å². The summed E-state index contributed by atoms with van der Waals surface area (Å²) in [6.45, 7) is 2.12. The van der Waals surface area contributed by atoms with Gasteiger partial charge >= 0.3 is 0 Å². The molecule has 2 heterocycles. The summed E-state index contributed by atoms with van der Waals surface area (Å²) in [4.78, 5) is 23.8. The molecule has 1 aliphatic heterocycles. The lowest BCUT2D eigenvalue weighted by molar-refractivity contribution is -0.125. The zero-order chi connectivity index (χ0) is 20.8. The van der Waals surface area contributed by atoms with Gasteiger partial charge in [-0.1, -0.05) is 30.3 Å². The van der Waals surface area contributed by atoms with Gasteiger partial charge in [0.05, 0.1) is 18.7 Å². The van der Waals surface area contributed by atoms with Crippen LogP contribution in [0.15, 0.2) is 67.0 Å². The van der Waals surface area contributed by atoms with Crippen LogP contribution in [-0.4, -0.2) is 36.1 Å². The number of benzene rings is 2. The number of rotatable bonds is 6. The molecule has 30 heavy (non-hydrogen) atoms. The van der Waals surface area contributed by atoms with Crippen LogP contribution in [0.2, 0.25) is 0 Å². The Morgan fingerprint density at radius 3 is 2.70 bits per heavy atom. The minimum atomic E-state index is -0.0399. The quantitative estimate of drug-likeness (QED) is 0.681. The molecule has 0 radical (unpaired) electrons. The number of anilines is 1. The maximum atomic E-state index is 12.7. The Labute approximate surface area is 176 Å². The van der Waals surface area contributed by atoms with Gasteiger partial charge in [-0.15, -0.1) is 0 Å². The highest BCUT2D eigenvalue weighted by molar-refractivity contribution is 5.79. The Balaban J connectivity index is 1.42. The maximum absolute atomic E-state index is 12.7. The van der Waals surface area contributed by atoms with Gasteiger partial charge in [0.25, 0.3) is 0 Å². The topological polar surface area (TPSA) is 67.3 Å². The van der Waals surface area contributed by atoms with Gasteiger partial charge in [0, 0.05) is 31.3 Å². The summed E-state index contributed by atoms with van der Waals surface area (Å²) >= 11 is 0. The van der Waals surface area contributed by atoms with Crippen molar-refractivity contribution in [3.8, 4) is 17.0 Å². The molecule has 6 nitrogen and oxygen atoms in total. The van der Waals surface area contributed by atoms with E-state index in [4.69, 9.17) is 4.74 Å². The molecule has 0 saturated carbocycles. The number of carbonyl (C=O) groups excluding carboxylic acids is 1. The van der Waals surface area contributed by atoms with E-state index in [0.29, 0.717) is 13.1 Å². The van der Waals surface area contributed by atoms with E-state index in [1.807, 2.05) is 60.7 Å². The van der Waals surface area contributed by atoms with Crippen molar-refractivity contribution >= 4 is 11.7 Å². The monoisotopic (exact) mass is 402 g/mol. The number of carbonyl (C=O) groups is 1. The van der Waals surface area contributed by atoms with Crippen LogP contribution in [0.25, 0.3) is 11.3 Å². The zero-order valence-corrected chi connectivity index (χ0v) is 17.1. The number of amides is 1. The Kier molecular flexibility index (Phi) is 6.23. The summed E-state index contributed by atoms with van der Waals surface area (Å²) in [5, 5.41) is 3.08. The van der Waals surface area contributed by atoms with Crippen LogP contribution in [0.5, 0.6) is 5.75 Å². The molecule has 3 aromatic rings. The number of nitrogens with one attached hydrogen (secondary N) is 1. The van der Waals surface area contributed by atoms with E-state index >= 15 is 0 Å². The van der Waals surface area contributed by atoms with Gasteiger partial charge in [0.15, 0.2) is 0 Å². The maximum Gasteiger partial charge on any atom is 0.225 e. The van der Waals surface area contributed by atoms with E-state index in [-0.39, 0.29) is 11.8 Å². The number of ether oxygens (including phenoxy) is 1. The molecule has 1 unspecified atom stereocenters. The molecule has 1 atom stereocenters. The molecule has 0 bridgehead atoms. The number of hydrogen-bond acceptors (Lipinski definition) is 5. The summed E-state index contributed by atoms with van der Waals surface area (Å²) < 4.78 is 5.23. The lowest BCUT2D eigenvalue weighted by Gasteiger charge is -2.33. The number of aromatic nitrogens is 2. The van der Waals surface area contributed by atoms with Crippen molar-refractivity contribution < 1.29 is 9.53 Å². The molecule has 1 aliphatic rings. The summed E-state index contributed by atoms with van der Waals surface area (Å²) in [5.41, 5.74) is 2.98. The third-order valence-electron chi connectivity index (χ3n) is 5.46. The molecular weight excluding hydrogens is 376 g/mol. The molecule has 1 N–H and O–H groups in total. The highest BCUT2D eigenvalue weighted by atomic mass is 16.5. The van der Waals surface area contributed by atoms with E-state index in [2.05, 4.69) is 20.2 Å². The predicted octanol–water partition coefficient (Wildman–Crippen LogP) is 3.69. The first-order valence-corrected chi connectivity index (χ1v) is 10.3. The van der Waals surface area contributed by atoms with Crippen LogP contribution < -0.4 is 15.0 Å². The van der Waals surface area contributed by atoms with Crippen molar-refractivity contribution in [2.45, 2.75) is 19.4 Å². The van der Waals surface area contributed by atoms with Gasteiger partial charge in [0.1, 0.15) is 17.9 Å². The fourth-order valence-electron chi connectivity index (χ4n) is 3.77. The van der Waals surface area contributed by atoms with Crippen LogP contribution in [0.3, 0.4) is 0 Å². The van der Waals surface area contributed by atoms with Crippen molar-refractivity contribution in [1.29, 1.82) is 0 Å². The summed E-state index contributed by atoms with van der Waals surface area (Å²) in [6, 6.07) is 19.8. The third kappa shape index (κ3) is 4.76. The Bertz CT molecular complexity index is 976. The van der Waals surface area contributed by atoms with Gasteiger partial charge in [0.2, 0.25) is 5.91 Å². The van der Waals surface area contributed by atoms with Gasteiger partial charge in [-0.05, 0) is 42.7 Å². The molecule has 4 rings (SSSR count). The minimum absolute atomic E-state index is 0.0399. The normalized spacial score (nSPS) is 16.2. The standard InChI is InChI=1S/C24H26N4O2/c1-30-21-11-9-19(10-12-21)22-14-23(27-17-26-22)28-13-5-8-20(16-28)24(29)25-15-18-6-3-2-4-7-18/h2-4,6-7,9-12,14,17,20H,5,8,13,15-16H2,1H3,(H,25,29). The fourth-order valence-corrected chi connectivity index (χ4v) is 3.77. The SMILES string of the molecule is COc1ccc(-c2cc(N3CCCC(C(=O)NCc4ccccc4)C3)ncn2)cc1. The molecule has 6 heteroatoms. The Morgan fingerprint density at radius 2 is 1.93 bits per heavy atom. The molecule has 2 aromatic carbocycles. The molecule has 0 aliphatic carbocycles. The van der Waals surface area contributed by atoms with Gasteiger partial charge in [-0.2, -0.15) is 0 Å². The van der Waals surface area contributed by atoms with Crippen LogP contribution in [0, 0.1) is 5.92 Å². The van der Waals surface area contributed by atoms with Crippen molar-refractivity contribution in [3.63, 3.8) is 0 Å². The summed E-state index contributed by atoms with van der Waals surface area (Å²) in [6.07, 6.45) is 3.45. The van der Waals surface area contributed by atoms with Crippen LogP contribution in [-0.2, 0) is 11.3 Å². The number of hydrogen-bond donors (Lipinski definition) is 1. The molecular formula is C24H26N4O2. The van der Waals surface area contributed by atoms with Crippen molar-refractivity contribution in [2.24, 2.45) is 5.92 Å². The number of nitrogens with zero attached hydrogens (tertiary/aromatic N) is 3. The van der Waals surface area contributed by atoms with E-state index in [1.54, 1.807) is 13.4 Å². The Morgan fingerprint density at radius 1 is 1.13 bits per heavy atom.